The number of nitrogens with one attached hydrogen (secondary N) is 2. The van der Waals surface area contributed by atoms with Gasteiger partial charge in [0.2, 0.25) is 0 Å². The molecular weight excluding hydrogens is 306 g/mol. The third-order valence-corrected chi connectivity index (χ3v) is 4.81. The summed E-state index contributed by atoms with van der Waals surface area (Å²) < 4.78 is 0. The molecule has 130 valence electrons. The zero-order valence-electron chi connectivity index (χ0n) is 13.9. The van der Waals surface area contributed by atoms with Gasteiger partial charge in [0.25, 0.3) is 11.5 Å². The lowest BCUT2D eigenvalue weighted by Gasteiger charge is -2.27. The second kappa shape index (κ2) is 7.61. The monoisotopic (exact) mass is 331 g/mol. The van der Waals surface area contributed by atoms with Gasteiger partial charge >= 0.3 is 0 Å². The largest absolute Gasteiger partial charge is 0.404 e. The Bertz CT molecular complexity index is 670. The smallest absolute Gasteiger partial charge is 0.259 e. The first-order valence-corrected chi connectivity index (χ1v) is 8.72. The number of hydrogen-bond acceptors (Lipinski definition) is 5. The molecule has 24 heavy (non-hydrogen) atoms. The van der Waals surface area contributed by atoms with Gasteiger partial charge in [-0.2, -0.15) is 0 Å². The molecular formula is C17H25N5O2. The van der Waals surface area contributed by atoms with Crippen molar-refractivity contribution in [3.8, 4) is 0 Å². The molecule has 1 aromatic rings. The van der Waals surface area contributed by atoms with Gasteiger partial charge in [-0.05, 0) is 45.2 Å². The van der Waals surface area contributed by atoms with Crippen LogP contribution in [0.3, 0.4) is 0 Å². The van der Waals surface area contributed by atoms with Crippen LogP contribution in [0.15, 0.2) is 17.1 Å². The molecule has 1 aromatic heterocycles. The van der Waals surface area contributed by atoms with E-state index in [1.165, 1.54) is 6.20 Å². The molecule has 0 radical (unpaired) electrons. The van der Waals surface area contributed by atoms with E-state index in [0.29, 0.717) is 0 Å². The number of rotatable bonds is 3. The second-order valence-corrected chi connectivity index (χ2v) is 6.48. The average Bonchev–Trinajstić information content (AvgIpc) is 2.63. The van der Waals surface area contributed by atoms with Crippen LogP contribution in [0.25, 0.3) is 5.57 Å². The summed E-state index contributed by atoms with van der Waals surface area (Å²) in [6, 6.07) is 1.54. The molecule has 3 rings (SSSR count). The molecule has 0 unspecified atom stereocenters. The lowest BCUT2D eigenvalue weighted by molar-refractivity contribution is -0.125. The van der Waals surface area contributed by atoms with E-state index < -0.39 is 0 Å². The Morgan fingerprint density at radius 1 is 1.25 bits per heavy atom. The lowest BCUT2D eigenvalue weighted by atomic mass is 9.94. The molecule has 0 bridgehead atoms. The minimum Gasteiger partial charge on any atom is -0.404 e. The van der Waals surface area contributed by atoms with Crippen LogP contribution in [0.4, 0.5) is 0 Å². The Labute approximate surface area is 141 Å². The van der Waals surface area contributed by atoms with E-state index >= 15 is 0 Å². The molecule has 2 aliphatic rings. The first-order valence-electron chi connectivity index (χ1n) is 8.72. The number of carbonyl (C=O) groups excluding carboxylic acids is 1. The highest BCUT2D eigenvalue weighted by Crippen LogP contribution is 2.24. The molecule has 7 heteroatoms. The van der Waals surface area contributed by atoms with Gasteiger partial charge in [-0.1, -0.05) is 0 Å². The third kappa shape index (κ3) is 3.67. The van der Waals surface area contributed by atoms with Crippen molar-refractivity contribution in [3.63, 3.8) is 0 Å². The average molecular weight is 331 g/mol. The number of H-pyrrole nitrogens is 1. The predicted molar refractivity (Wildman–Crippen MR) is 92.3 cm³/mol. The Balaban J connectivity index is 1.87. The molecule has 0 spiro atoms. The molecule has 1 amide bonds. The van der Waals surface area contributed by atoms with Crippen LogP contribution in [0, 0.1) is 0 Å². The summed E-state index contributed by atoms with van der Waals surface area (Å²) in [5.74, 6) is 0.383. The number of likely N-dealkylation sites (tertiary alicyclic amines) is 1. The van der Waals surface area contributed by atoms with Crippen molar-refractivity contribution in [2.24, 2.45) is 5.73 Å². The number of hydrogen-bond donors (Lipinski definition) is 3. The van der Waals surface area contributed by atoms with Gasteiger partial charge in [-0.15, -0.1) is 0 Å². The second-order valence-electron chi connectivity index (χ2n) is 6.48. The predicted octanol–water partition coefficient (Wildman–Crippen LogP) is 0.549. The highest BCUT2D eigenvalue weighted by atomic mass is 16.2. The summed E-state index contributed by atoms with van der Waals surface area (Å²) in [7, 11) is 0. The number of aromatic nitrogens is 2. The molecule has 0 saturated carbocycles. The Morgan fingerprint density at radius 2 is 1.96 bits per heavy atom. The van der Waals surface area contributed by atoms with Crippen LogP contribution in [0.1, 0.15) is 49.5 Å². The zero-order valence-corrected chi connectivity index (χ0v) is 13.9. The van der Waals surface area contributed by atoms with Crippen molar-refractivity contribution in [2.75, 3.05) is 26.2 Å². The van der Waals surface area contributed by atoms with Gasteiger partial charge in [0.1, 0.15) is 5.82 Å². The van der Waals surface area contributed by atoms with Crippen molar-refractivity contribution in [2.45, 2.75) is 38.0 Å². The third-order valence-electron chi connectivity index (χ3n) is 4.81. The van der Waals surface area contributed by atoms with E-state index in [-0.39, 0.29) is 28.8 Å². The summed E-state index contributed by atoms with van der Waals surface area (Å²) in [4.78, 5) is 33.8. The van der Waals surface area contributed by atoms with E-state index in [4.69, 9.17) is 5.73 Å². The fourth-order valence-corrected chi connectivity index (χ4v) is 3.45. The standard InChI is InChI=1S/C17H25N5O2/c18-11-13(17(24)22-8-2-1-3-9-22)16-20-14(10-15(23)21-16)12-4-6-19-7-5-12/h10-12,19H,1-9,18H2,(H,20,21,23). The molecule has 4 N–H and O–H groups in total. The molecule has 0 aliphatic carbocycles. The fraction of sp³-hybridized carbons (Fsp3) is 0.588. The van der Waals surface area contributed by atoms with E-state index in [0.717, 1.165) is 64.0 Å². The minimum absolute atomic E-state index is 0.150. The van der Waals surface area contributed by atoms with E-state index in [9.17, 15) is 9.59 Å². The maximum absolute atomic E-state index is 12.7. The van der Waals surface area contributed by atoms with Crippen LogP contribution in [0.2, 0.25) is 0 Å². The van der Waals surface area contributed by atoms with Crippen molar-refractivity contribution >= 4 is 11.5 Å². The van der Waals surface area contributed by atoms with Crippen molar-refractivity contribution in [1.82, 2.24) is 20.2 Å². The molecule has 2 saturated heterocycles. The first kappa shape index (κ1) is 16.7. The number of carbonyl (C=O) groups is 1. The Kier molecular flexibility index (Phi) is 5.30. The maximum Gasteiger partial charge on any atom is 0.259 e. The summed E-state index contributed by atoms with van der Waals surface area (Å²) in [5, 5.41) is 3.30. The number of nitrogens with two attached hydrogens (primary N) is 1. The quantitative estimate of drug-likeness (QED) is 0.702. The van der Waals surface area contributed by atoms with Gasteiger partial charge in [-0.25, -0.2) is 4.98 Å². The van der Waals surface area contributed by atoms with Gasteiger partial charge in [0.15, 0.2) is 0 Å². The van der Waals surface area contributed by atoms with Gasteiger partial charge in [0.05, 0.1) is 11.3 Å². The molecule has 0 atom stereocenters. The summed E-state index contributed by atoms with van der Waals surface area (Å²) >= 11 is 0. The molecule has 2 aliphatic heterocycles. The highest BCUT2D eigenvalue weighted by molar-refractivity contribution is 6.18. The Morgan fingerprint density at radius 3 is 2.62 bits per heavy atom. The highest BCUT2D eigenvalue weighted by Gasteiger charge is 2.24. The molecule has 7 nitrogen and oxygen atoms in total. The SMILES string of the molecule is NC=C(C(=O)N1CCCCC1)c1nc(C2CCNCC2)cc(=O)[nH]1. The fourth-order valence-electron chi connectivity index (χ4n) is 3.45. The minimum atomic E-state index is -0.237. The van der Waals surface area contributed by atoms with Crippen LogP contribution < -0.4 is 16.6 Å². The number of nitrogens with zero attached hydrogens (tertiary/aromatic N) is 2. The zero-order chi connectivity index (χ0) is 16.9. The molecule has 0 aromatic carbocycles. The Hall–Kier alpha value is -2.15. The topological polar surface area (TPSA) is 104 Å². The van der Waals surface area contributed by atoms with Crippen molar-refractivity contribution in [1.29, 1.82) is 0 Å². The summed E-state index contributed by atoms with van der Waals surface area (Å²) in [6.07, 6.45) is 6.30. The van der Waals surface area contributed by atoms with Crippen molar-refractivity contribution < 1.29 is 4.79 Å². The number of amides is 1. The van der Waals surface area contributed by atoms with Gasteiger partial charge in [0, 0.05) is 31.3 Å². The maximum atomic E-state index is 12.7. The van der Waals surface area contributed by atoms with Crippen molar-refractivity contribution in [3.05, 3.63) is 34.1 Å². The normalized spacial score (nSPS) is 20.2. The van der Waals surface area contributed by atoms with Crippen LogP contribution in [-0.2, 0) is 4.79 Å². The number of aromatic amines is 1. The van der Waals surface area contributed by atoms with Gasteiger partial charge in [-0.3, -0.25) is 9.59 Å². The summed E-state index contributed by atoms with van der Waals surface area (Å²) in [6.45, 7) is 3.30. The number of piperidine rings is 2. The lowest BCUT2D eigenvalue weighted by Crippen LogP contribution is -2.37. The molecule has 3 heterocycles. The van der Waals surface area contributed by atoms with Gasteiger partial charge < -0.3 is 20.9 Å². The van der Waals surface area contributed by atoms with E-state index in [2.05, 4.69) is 15.3 Å². The first-order chi connectivity index (χ1) is 11.7. The molecule has 2 fully saturated rings. The summed E-state index contributed by atoms with van der Waals surface area (Å²) in [5.41, 5.74) is 6.51. The van der Waals surface area contributed by atoms with Crippen LogP contribution in [-0.4, -0.2) is 47.0 Å². The van der Waals surface area contributed by atoms with E-state index in [1.54, 1.807) is 11.0 Å². The van der Waals surface area contributed by atoms with E-state index in [1.807, 2.05) is 0 Å². The van der Waals surface area contributed by atoms with Crippen LogP contribution >= 0.6 is 0 Å². The van der Waals surface area contributed by atoms with Crippen LogP contribution in [0.5, 0.6) is 0 Å².